The van der Waals surface area contributed by atoms with Crippen molar-refractivity contribution in [3.63, 3.8) is 0 Å². The number of hydrogen-bond acceptors (Lipinski definition) is 5. The van der Waals surface area contributed by atoms with E-state index in [9.17, 15) is 9.90 Å². The molecule has 7 heteroatoms. The lowest BCUT2D eigenvalue weighted by atomic mass is 10.2. The van der Waals surface area contributed by atoms with E-state index in [0.717, 1.165) is 5.69 Å². The van der Waals surface area contributed by atoms with Gasteiger partial charge in [-0.1, -0.05) is 0 Å². The molecule has 0 bridgehead atoms. The maximum absolute atomic E-state index is 11.7. The zero-order valence-electron chi connectivity index (χ0n) is 11.0. The molecule has 0 saturated heterocycles. The quantitative estimate of drug-likeness (QED) is 0.576. The van der Waals surface area contributed by atoms with Crippen LogP contribution in [0.1, 0.15) is 21.7 Å². The first-order chi connectivity index (χ1) is 9.60. The van der Waals surface area contributed by atoms with Gasteiger partial charge in [-0.15, -0.1) is 0 Å². The standard InChI is InChI=1S/C13H14N4O3/c1-8-5-10(16-15-8)13(19)17-14-7-9-3-4-11(18)12(6-9)20-2/h3-7,18H,1-2H3,(H,15,16)(H,17,19). The molecule has 0 fully saturated rings. The van der Waals surface area contributed by atoms with Crippen LogP contribution in [0, 0.1) is 6.92 Å². The van der Waals surface area contributed by atoms with Gasteiger partial charge in [-0.05, 0) is 36.8 Å². The summed E-state index contributed by atoms with van der Waals surface area (Å²) in [7, 11) is 1.46. The topological polar surface area (TPSA) is 99.6 Å². The molecule has 2 rings (SSSR count). The first-order valence-corrected chi connectivity index (χ1v) is 5.82. The number of benzene rings is 1. The van der Waals surface area contributed by atoms with E-state index in [0.29, 0.717) is 11.3 Å². The fourth-order valence-corrected chi connectivity index (χ4v) is 1.53. The lowest BCUT2D eigenvalue weighted by Gasteiger charge is -2.03. The van der Waals surface area contributed by atoms with Gasteiger partial charge in [0.1, 0.15) is 0 Å². The minimum absolute atomic E-state index is 0.0423. The number of rotatable bonds is 4. The monoisotopic (exact) mass is 274 g/mol. The van der Waals surface area contributed by atoms with Crippen LogP contribution in [0.5, 0.6) is 11.5 Å². The fraction of sp³-hybridized carbons (Fsp3) is 0.154. The number of nitrogens with zero attached hydrogens (tertiary/aromatic N) is 2. The highest BCUT2D eigenvalue weighted by atomic mass is 16.5. The van der Waals surface area contributed by atoms with Crippen LogP contribution >= 0.6 is 0 Å². The summed E-state index contributed by atoms with van der Waals surface area (Å²) in [5.74, 6) is -0.0276. The number of phenols is 1. The lowest BCUT2D eigenvalue weighted by Crippen LogP contribution is -2.18. The average molecular weight is 274 g/mol. The molecule has 20 heavy (non-hydrogen) atoms. The van der Waals surface area contributed by atoms with E-state index in [2.05, 4.69) is 20.7 Å². The Morgan fingerprint density at radius 1 is 1.50 bits per heavy atom. The van der Waals surface area contributed by atoms with Gasteiger partial charge in [0.05, 0.1) is 13.3 Å². The van der Waals surface area contributed by atoms with E-state index in [1.807, 2.05) is 0 Å². The summed E-state index contributed by atoms with van der Waals surface area (Å²) >= 11 is 0. The van der Waals surface area contributed by atoms with E-state index in [4.69, 9.17) is 4.74 Å². The summed E-state index contributed by atoms with van der Waals surface area (Å²) in [4.78, 5) is 11.7. The molecule has 0 saturated carbocycles. The SMILES string of the molecule is COc1cc(C=NNC(=O)c2cc(C)[nH]n2)ccc1O. The number of aryl methyl sites for hydroxylation is 1. The predicted molar refractivity (Wildman–Crippen MR) is 73.0 cm³/mol. The van der Waals surface area contributed by atoms with E-state index < -0.39 is 5.91 Å². The molecule has 1 aromatic carbocycles. The minimum atomic E-state index is -0.406. The summed E-state index contributed by atoms with van der Waals surface area (Å²) in [6, 6.07) is 6.35. The summed E-state index contributed by atoms with van der Waals surface area (Å²) in [5, 5.41) is 19.8. The summed E-state index contributed by atoms with van der Waals surface area (Å²) < 4.78 is 4.97. The Morgan fingerprint density at radius 2 is 2.30 bits per heavy atom. The fourth-order valence-electron chi connectivity index (χ4n) is 1.53. The van der Waals surface area contributed by atoms with E-state index in [-0.39, 0.29) is 11.4 Å². The molecule has 0 spiro atoms. The molecule has 104 valence electrons. The minimum Gasteiger partial charge on any atom is -0.504 e. The number of H-pyrrole nitrogens is 1. The highest BCUT2D eigenvalue weighted by molar-refractivity contribution is 5.93. The Balaban J connectivity index is 2.01. The van der Waals surface area contributed by atoms with Gasteiger partial charge in [-0.3, -0.25) is 9.89 Å². The van der Waals surface area contributed by atoms with Crippen molar-refractivity contribution >= 4 is 12.1 Å². The molecule has 0 aliphatic carbocycles. The van der Waals surface area contributed by atoms with Gasteiger partial charge in [-0.2, -0.15) is 10.2 Å². The molecule has 1 amide bonds. The Labute approximate surface area is 115 Å². The third-order valence-electron chi connectivity index (χ3n) is 2.52. The van der Waals surface area contributed by atoms with Crippen molar-refractivity contribution in [3.8, 4) is 11.5 Å². The summed E-state index contributed by atoms with van der Waals surface area (Å²) in [5.41, 5.74) is 4.10. The summed E-state index contributed by atoms with van der Waals surface area (Å²) in [6.45, 7) is 1.80. The smallest absolute Gasteiger partial charge is 0.291 e. The number of aromatic nitrogens is 2. The van der Waals surface area contributed by atoms with Gasteiger partial charge < -0.3 is 9.84 Å². The Morgan fingerprint density at radius 3 is 2.95 bits per heavy atom. The Hall–Kier alpha value is -2.83. The normalized spacial score (nSPS) is 10.7. The van der Waals surface area contributed by atoms with E-state index in [1.54, 1.807) is 25.1 Å². The molecular formula is C13H14N4O3. The number of amides is 1. The van der Waals surface area contributed by atoms with Crippen molar-refractivity contribution in [3.05, 3.63) is 41.2 Å². The number of ether oxygens (including phenoxy) is 1. The van der Waals surface area contributed by atoms with Crippen LogP contribution in [-0.2, 0) is 0 Å². The number of hydrogen-bond donors (Lipinski definition) is 3. The van der Waals surface area contributed by atoms with Crippen molar-refractivity contribution in [2.75, 3.05) is 7.11 Å². The van der Waals surface area contributed by atoms with E-state index in [1.165, 1.54) is 19.4 Å². The maximum Gasteiger partial charge on any atom is 0.291 e. The third kappa shape index (κ3) is 3.14. The second kappa shape index (κ2) is 5.87. The van der Waals surface area contributed by atoms with E-state index >= 15 is 0 Å². The zero-order chi connectivity index (χ0) is 14.5. The Bertz CT molecular complexity index is 649. The predicted octanol–water partition coefficient (Wildman–Crippen LogP) is 1.20. The molecule has 3 N–H and O–H groups in total. The van der Waals surface area contributed by atoms with Crippen LogP contribution in [0.4, 0.5) is 0 Å². The highest BCUT2D eigenvalue weighted by Crippen LogP contribution is 2.25. The number of hydrazone groups is 1. The second-order valence-corrected chi connectivity index (χ2v) is 4.07. The number of methoxy groups -OCH3 is 1. The number of carbonyl (C=O) groups is 1. The number of aromatic amines is 1. The van der Waals surface area contributed by atoms with Crippen molar-refractivity contribution in [2.45, 2.75) is 6.92 Å². The Kier molecular flexibility index (Phi) is 3.99. The number of aromatic hydroxyl groups is 1. The van der Waals surface area contributed by atoms with Crippen LogP contribution in [0.2, 0.25) is 0 Å². The number of carbonyl (C=O) groups excluding carboxylic acids is 1. The molecule has 7 nitrogen and oxygen atoms in total. The molecule has 0 aliphatic rings. The largest absolute Gasteiger partial charge is 0.504 e. The average Bonchev–Trinajstić information content (AvgIpc) is 2.87. The highest BCUT2D eigenvalue weighted by Gasteiger charge is 2.07. The molecule has 0 radical (unpaired) electrons. The van der Waals surface area contributed by atoms with Crippen molar-refractivity contribution < 1.29 is 14.6 Å². The zero-order valence-corrected chi connectivity index (χ0v) is 11.0. The van der Waals surface area contributed by atoms with Gasteiger partial charge in [0, 0.05) is 5.69 Å². The van der Waals surface area contributed by atoms with Crippen molar-refractivity contribution in [2.24, 2.45) is 5.10 Å². The molecule has 0 atom stereocenters. The van der Waals surface area contributed by atoms with Crippen LogP contribution in [-0.4, -0.2) is 34.5 Å². The van der Waals surface area contributed by atoms with Crippen LogP contribution < -0.4 is 10.2 Å². The summed E-state index contributed by atoms with van der Waals surface area (Å²) in [6.07, 6.45) is 1.44. The number of nitrogens with one attached hydrogen (secondary N) is 2. The van der Waals surface area contributed by atoms with Gasteiger partial charge >= 0.3 is 0 Å². The first kappa shape index (κ1) is 13.6. The van der Waals surface area contributed by atoms with Crippen molar-refractivity contribution in [1.29, 1.82) is 0 Å². The first-order valence-electron chi connectivity index (χ1n) is 5.82. The molecular weight excluding hydrogens is 260 g/mol. The van der Waals surface area contributed by atoms with Gasteiger partial charge in [0.25, 0.3) is 5.91 Å². The molecule has 1 aromatic heterocycles. The van der Waals surface area contributed by atoms with Gasteiger partial charge in [-0.25, -0.2) is 5.43 Å². The van der Waals surface area contributed by atoms with Crippen LogP contribution in [0.15, 0.2) is 29.4 Å². The van der Waals surface area contributed by atoms with Crippen LogP contribution in [0.25, 0.3) is 0 Å². The number of phenolic OH excluding ortho intramolecular Hbond substituents is 1. The molecule has 0 unspecified atom stereocenters. The second-order valence-electron chi connectivity index (χ2n) is 4.07. The van der Waals surface area contributed by atoms with Crippen LogP contribution in [0.3, 0.4) is 0 Å². The lowest BCUT2D eigenvalue weighted by molar-refractivity contribution is 0.0950. The van der Waals surface area contributed by atoms with Crippen molar-refractivity contribution in [1.82, 2.24) is 15.6 Å². The molecule has 1 heterocycles. The van der Waals surface area contributed by atoms with Gasteiger partial charge in [0.2, 0.25) is 0 Å². The molecule has 2 aromatic rings. The maximum atomic E-state index is 11.7. The molecule has 0 aliphatic heterocycles. The van der Waals surface area contributed by atoms with Gasteiger partial charge in [0.15, 0.2) is 17.2 Å². The third-order valence-corrected chi connectivity index (χ3v) is 2.52.